The highest BCUT2D eigenvalue weighted by Crippen LogP contribution is 2.34. The van der Waals surface area contributed by atoms with Crippen LogP contribution >= 0.6 is 0 Å². The summed E-state index contributed by atoms with van der Waals surface area (Å²) in [5.41, 5.74) is 0.851. The van der Waals surface area contributed by atoms with Crippen LogP contribution in [-0.2, 0) is 16.4 Å². The van der Waals surface area contributed by atoms with Crippen molar-refractivity contribution in [3.63, 3.8) is 0 Å². The third kappa shape index (κ3) is 2.66. The molecule has 0 amide bonds. The number of benzene rings is 1. The van der Waals surface area contributed by atoms with Crippen LogP contribution in [0.15, 0.2) is 35.5 Å². The zero-order chi connectivity index (χ0) is 15.6. The molecule has 1 fully saturated rings. The van der Waals surface area contributed by atoms with Crippen LogP contribution in [0, 0.1) is 0 Å². The van der Waals surface area contributed by atoms with Gasteiger partial charge in [-0.1, -0.05) is 31.5 Å². The lowest BCUT2D eigenvalue weighted by Gasteiger charge is -2.33. The molecule has 0 saturated carbocycles. The molecule has 0 bridgehead atoms. The highest BCUT2D eigenvalue weighted by molar-refractivity contribution is 7.89. The molecule has 1 N–H and O–H groups in total. The van der Waals surface area contributed by atoms with E-state index < -0.39 is 10.0 Å². The Morgan fingerprint density at radius 3 is 2.86 bits per heavy atom. The summed E-state index contributed by atoms with van der Waals surface area (Å²) in [7, 11) is -3.53. The van der Waals surface area contributed by atoms with Gasteiger partial charge in [-0.05, 0) is 30.9 Å². The monoisotopic (exact) mass is 320 g/mol. The fraction of sp³-hybridized carbons (Fsp3) is 0.467. The van der Waals surface area contributed by atoms with Crippen LogP contribution in [0.2, 0.25) is 0 Å². The minimum Gasteiger partial charge on any atom is -0.262 e. The van der Waals surface area contributed by atoms with Gasteiger partial charge in [-0.25, -0.2) is 13.4 Å². The van der Waals surface area contributed by atoms with Gasteiger partial charge in [-0.15, -0.1) is 0 Å². The van der Waals surface area contributed by atoms with E-state index in [1.807, 2.05) is 19.1 Å². The number of hydrogen-bond acceptors (Lipinski definition) is 4. The van der Waals surface area contributed by atoms with Gasteiger partial charge in [0, 0.05) is 6.54 Å². The predicted molar refractivity (Wildman–Crippen MR) is 82.7 cm³/mol. The van der Waals surface area contributed by atoms with Crippen molar-refractivity contribution in [3.05, 3.63) is 42.0 Å². The summed E-state index contributed by atoms with van der Waals surface area (Å²) in [6.45, 7) is 2.49. The number of hydrogen-bond donors (Lipinski definition) is 1. The van der Waals surface area contributed by atoms with Crippen molar-refractivity contribution in [1.29, 1.82) is 0 Å². The molecular formula is C15H20N4O2S. The molecule has 118 valence electrons. The predicted octanol–water partition coefficient (Wildman–Crippen LogP) is 2.28. The number of nitrogens with zero attached hydrogens (tertiary/aromatic N) is 3. The van der Waals surface area contributed by atoms with E-state index in [1.54, 1.807) is 16.4 Å². The summed E-state index contributed by atoms with van der Waals surface area (Å²) >= 11 is 0. The van der Waals surface area contributed by atoms with Gasteiger partial charge in [0.2, 0.25) is 10.0 Å². The Bertz CT molecular complexity index is 728. The molecule has 0 radical (unpaired) electrons. The maximum absolute atomic E-state index is 13.1. The SMILES string of the molecule is CCc1ccccc1S(=O)(=O)N1CCCC[C@H]1c1ncn[nH]1. The van der Waals surface area contributed by atoms with E-state index >= 15 is 0 Å². The first-order valence-electron chi connectivity index (χ1n) is 7.59. The highest BCUT2D eigenvalue weighted by Gasteiger charge is 2.36. The normalized spacial score (nSPS) is 20.1. The molecule has 2 aromatic rings. The summed E-state index contributed by atoms with van der Waals surface area (Å²) in [5.74, 6) is 0.622. The first-order chi connectivity index (χ1) is 10.6. The van der Waals surface area contributed by atoms with Gasteiger partial charge in [-0.2, -0.15) is 9.40 Å². The Labute approximate surface area is 130 Å². The third-order valence-corrected chi connectivity index (χ3v) is 6.15. The molecule has 1 aromatic heterocycles. The first-order valence-corrected chi connectivity index (χ1v) is 9.03. The summed E-state index contributed by atoms with van der Waals surface area (Å²) in [6, 6.07) is 6.97. The minimum atomic E-state index is -3.53. The van der Waals surface area contributed by atoms with Crippen LogP contribution in [0.3, 0.4) is 0 Å². The Morgan fingerprint density at radius 2 is 2.14 bits per heavy atom. The molecule has 7 heteroatoms. The molecule has 1 saturated heterocycles. The fourth-order valence-electron chi connectivity index (χ4n) is 3.02. The maximum Gasteiger partial charge on any atom is 0.244 e. The van der Waals surface area contributed by atoms with Gasteiger partial charge >= 0.3 is 0 Å². The number of H-pyrrole nitrogens is 1. The smallest absolute Gasteiger partial charge is 0.244 e. The second-order valence-electron chi connectivity index (χ2n) is 5.46. The summed E-state index contributed by atoms with van der Waals surface area (Å²) in [5, 5.41) is 6.68. The number of aromatic amines is 1. The van der Waals surface area contributed by atoms with Gasteiger partial charge in [0.25, 0.3) is 0 Å². The largest absolute Gasteiger partial charge is 0.262 e. The van der Waals surface area contributed by atoms with Crippen molar-refractivity contribution < 1.29 is 8.42 Å². The average molecular weight is 320 g/mol. The van der Waals surface area contributed by atoms with E-state index in [0.29, 0.717) is 23.7 Å². The number of aryl methyl sites for hydroxylation is 1. The van der Waals surface area contributed by atoms with Gasteiger partial charge in [0.1, 0.15) is 12.2 Å². The molecule has 1 aliphatic rings. The lowest BCUT2D eigenvalue weighted by Crippen LogP contribution is -2.39. The molecule has 2 heterocycles. The number of aromatic nitrogens is 3. The van der Waals surface area contributed by atoms with Crippen molar-refractivity contribution in [2.24, 2.45) is 0 Å². The molecule has 3 rings (SSSR count). The fourth-order valence-corrected chi connectivity index (χ4v) is 4.97. The molecule has 0 aliphatic carbocycles. The van der Waals surface area contributed by atoms with Gasteiger partial charge < -0.3 is 0 Å². The lowest BCUT2D eigenvalue weighted by atomic mass is 10.0. The van der Waals surface area contributed by atoms with Crippen LogP contribution in [0.5, 0.6) is 0 Å². The van der Waals surface area contributed by atoms with Crippen LogP contribution in [0.1, 0.15) is 43.6 Å². The average Bonchev–Trinajstić information content (AvgIpc) is 3.09. The van der Waals surface area contributed by atoms with Crippen molar-refractivity contribution in [2.45, 2.75) is 43.5 Å². The molecule has 0 spiro atoms. The van der Waals surface area contributed by atoms with Gasteiger partial charge in [-0.3, -0.25) is 5.10 Å². The molecule has 1 aromatic carbocycles. The Balaban J connectivity index is 2.02. The van der Waals surface area contributed by atoms with Crippen molar-refractivity contribution in [1.82, 2.24) is 19.5 Å². The number of piperidine rings is 1. The molecule has 6 nitrogen and oxygen atoms in total. The quantitative estimate of drug-likeness (QED) is 0.937. The maximum atomic E-state index is 13.1. The second-order valence-corrected chi connectivity index (χ2v) is 7.32. The van der Waals surface area contributed by atoms with E-state index in [4.69, 9.17) is 0 Å². The topological polar surface area (TPSA) is 79.0 Å². The zero-order valence-electron chi connectivity index (χ0n) is 12.6. The van der Waals surface area contributed by atoms with E-state index in [1.165, 1.54) is 6.33 Å². The Morgan fingerprint density at radius 1 is 1.32 bits per heavy atom. The lowest BCUT2D eigenvalue weighted by molar-refractivity contribution is 0.247. The van der Waals surface area contributed by atoms with Gasteiger partial charge in [0.05, 0.1) is 10.9 Å². The molecule has 0 unspecified atom stereocenters. The Kier molecular flexibility index (Phi) is 4.26. The summed E-state index contributed by atoms with van der Waals surface area (Å²) in [6.07, 6.45) is 4.75. The van der Waals surface area contributed by atoms with E-state index in [2.05, 4.69) is 15.2 Å². The molecule has 1 atom stereocenters. The van der Waals surface area contributed by atoms with Crippen LogP contribution < -0.4 is 0 Å². The van der Waals surface area contributed by atoms with Crippen LogP contribution in [-0.4, -0.2) is 34.4 Å². The van der Waals surface area contributed by atoms with Gasteiger partial charge in [0.15, 0.2) is 0 Å². The summed E-state index contributed by atoms with van der Waals surface area (Å²) < 4.78 is 27.8. The van der Waals surface area contributed by atoms with Crippen molar-refractivity contribution >= 4 is 10.0 Å². The van der Waals surface area contributed by atoms with Crippen molar-refractivity contribution in [2.75, 3.05) is 6.54 Å². The second kappa shape index (κ2) is 6.18. The summed E-state index contributed by atoms with van der Waals surface area (Å²) in [4.78, 5) is 4.57. The number of nitrogens with one attached hydrogen (secondary N) is 1. The first kappa shape index (κ1) is 15.2. The van der Waals surface area contributed by atoms with E-state index in [9.17, 15) is 8.42 Å². The third-order valence-electron chi connectivity index (χ3n) is 4.14. The van der Waals surface area contributed by atoms with E-state index in [-0.39, 0.29) is 6.04 Å². The van der Waals surface area contributed by atoms with Crippen LogP contribution in [0.4, 0.5) is 0 Å². The number of sulfonamides is 1. The minimum absolute atomic E-state index is 0.258. The van der Waals surface area contributed by atoms with Crippen molar-refractivity contribution in [3.8, 4) is 0 Å². The Hall–Kier alpha value is -1.73. The molecule has 1 aliphatic heterocycles. The van der Waals surface area contributed by atoms with Crippen LogP contribution in [0.25, 0.3) is 0 Å². The van der Waals surface area contributed by atoms with E-state index in [0.717, 1.165) is 24.8 Å². The molecule has 22 heavy (non-hydrogen) atoms. The molecular weight excluding hydrogens is 300 g/mol. The highest BCUT2D eigenvalue weighted by atomic mass is 32.2. The standard InChI is InChI=1S/C15H20N4O2S/c1-2-12-7-3-4-9-14(12)22(20,21)19-10-6-5-8-13(19)15-16-11-17-18-15/h3-4,7,9,11,13H,2,5-6,8,10H2,1H3,(H,16,17,18)/t13-/m0/s1. The zero-order valence-corrected chi connectivity index (χ0v) is 13.4. The number of rotatable bonds is 4.